The van der Waals surface area contributed by atoms with Gasteiger partial charge in [0.15, 0.2) is 0 Å². The van der Waals surface area contributed by atoms with E-state index in [2.05, 4.69) is 10.4 Å². The minimum absolute atomic E-state index is 0.767. The molecule has 0 bridgehead atoms. The van der Waals surface area contributed by atoms with Crippen molar-refractivity contribution in [3.05, 3.63) is 46.7 Å². The van der Waals surface area contributed by atoms with Gasteiger partial charge in [0, 0.05) is 17.8 Å². The Hall–Kier alpha value is -1.32. The van der Waals surface area contributed by atoms with Gasteiger partial charge in [-0.3, -0.25) is 0 Å². The molecule has 0 saturated heterocycles. The maximum absolute atomic E-state index is 6.08. The molecule has 0 aliphatic rings. The van der Waals surface area contributed by atoms with E-state index in [-0.39, 0.29) is 0 Å². The number of nitrogens with one attached hydrogen (secondary N) is 1. The molecule has 16 heavy (non-hydrogen) atoms. The van der Waals surface area contributed by atoms with Crippen molar-refractivity contribution in [2.24, 2.45) is 0 Å². The summed E-state index contributed by atoms with van der Waals surface area (Å²) >= 11 is 6.08. The Labute approximate surface area is 100 Å². The third kappa shape index (κ3) is 2.26. The maximum atomic E-state index is 6.08. The summed E-state index contributed by atoms with van der Waals surface area (Å²) in [5, 5.41) is 8.27. The van der Waals surface area contributed by atoms with Gasteiger partial charge in [0.1, 0.15) is 0 Å². The first-order valence-electron chi connectivity index (χ1n) is 5.16. The molecule has 1 aromatic heterocycles. The number of benzene rings is 1. The minimum atomic E-state index is 0.767. The number of hydrogen-bond donors (Lipinski definition) is 1. The fraction of sp³-hybridized carbons (Fsp3) is 0.250. The van der Waals surface area contributed by atoms with Crippen molar-refractivity contribution in [1.82, 2.24) is 15.1 Å². The lowest BCUT2D eigenvalue weighted by Gasteiger charge is -2.03. The van der Waals surface area contributed by atoms with Crippen molar-refractivity contribution in [2.45, 2.75) is 13.5 Å². The monoisotopic (exact) mass is 235 g/mol. The molecule has 1 heterocycles. The molecule has 0 aliphatic heterocycles. The Bertz CT molecular complexity index is 491. The van der Waals surface area contributed by atoms with Crippen LogP contribution in [0.5, 0.6) is 0 Å². The molecule has 0 saturated carbocycles. The smallest absolute Gasteiger partial charge is 0.0766 e. The van der Waals surface area contributed by atoms with E-state index in [1.54, 1.807) is 0 Å². The van der Waals surface area contributed by atoms with Crippen LogP contribution in [-0.2, 0) is 6.54 Å². The molecule has 0 radical (unpaired) electrons. The minimum Gasteiger partial charge on any atom is -0.314 e. The quantitative estimate of drug-likeness (QED) is 0.886. The maximum Gasteiger partial charge on any atom is 0.0766 e. The van der Waals surface area contributed by atoms with E-state index in [4.69, 9.17) is 11.6 Å². The lowest BCUT2D eigenvalue weighted by atomic mass is 10.2. The fourth-order valence-corrected chi connectivity index (χ4v) is 1.68. The molecule has 4 heteroatoms. The van der Waals surface area contributed by atoms with Crippen LogP contribution in [0.1, 0.15) is 11.3 Å². The van der Waals surface area contributed by atoms with Crippen LogP contribution in [0.25, 0.3) is 5.69 Å². The van der Waals surface area contributed by atoms with E-state index in [0.29, 0.717) is 0 Å². The summed E-state index contributed by atoms with van der Waals surface area (Å²) in [6, 6.07) is 7.92. The number of hydrogen-bond acceptors (Lipinski definition) is 2. The van der Waals surface area contributed by atoms with Gasteiger partial charge in [0.05, 0.1) is 11.4 Å². The highest BCUT2D eigenvalue weighted by Gasteiger charge is 2.02. The first kappa shape index (κ1) is 11.2. The second-order valence-corrected chi connectivity index (χ2v) is 4.12. The second kappa shape index (κ2) is 4.68. The molecule has 0 amide bonds. The SMILES string of the molecule is CNCc1ccn(-c2ccc(C)c(Cl)c2)n1. The predicted octanol–water partition coefficient (Wildman–Crippen LogP) is 2.55. The zero-order valence-corrected chi connectivity index (χ0v) is 10.1. The van der Waals surface area contributed by atoms with E-state index < -0.39 is 0 Å². The standard InChI is InChI=1S/C12H14ClN3/c1-9-3-4-11(7-12(9)13)16-6-5-10(15-16)8-14-2/h3-7,14H,8H2,1-2H3. The van der Waals surface area contributed by atoms with Gasteiger partial charge in [-0.25, -0.2) is 4.68 Å². The summed E-state index contributed by atoms with van der Waals surface area (Å²) in [5.74, 6) is 0. The van der Waals surface area contributed by atoms with Crippen molar-refractivity contribution < 1.29 is 0 Å². The molecule has 2 aromatic rings. The van der Waals surface area contributed by atoms with Gasteiger partial charge in [-0.1, -0.05) is 17.7 Å². The van der Waals surface area contributed by atoms with Crippen molar-refractivity contribution in [3.8, 4) is 5.69 Å². The molecule has 84 valence electrons. The first-order chi connectivity index (χ1) is 7.70. The van der Waals surface area contributed by atoms with Crippen LogP contribution in [0.2, 0.25) is 5.02 Å². The summed E-state index contributed by atoms with van der Waals surface area (Å²) in [5.41, 5.74) is 3.07. The van der Waals surface area contributed by atoms with Crippen molar-refractivity contribution in [3.63, 3.8) is 0 Å². The molecular formula is C12H14ClN3. The highest BCUT2D eigenvalue weighted by molar-refractivity contribution is 6.31. The van der Waals surface area contributed by atoms with E-state index in [0.717, 1.165) is 28.5 Å². The third-order valence-corrected chi connectivity index (χ3v) is 2.83. The van der Waals surface area contributed by atoms with E-state index in [1.807, 2.05) is 49.1 Å². The van der Waals surface area contributed by atoms with Crippen molar-refractivity contribution in [1.29, 1.82) is 0 Å². The number of aromatic nitrogens is 2. The van der Waals surface area contributed by atoms with E-state index in [1.165, 1.54) is 0 Å². The lowest BCUT2D eigenvalue weighted by molar-refractivity contribution is 0.757. The van der Waals surface area contributed by atoms with Gasteiger partial charge in [0.2, 0.25) is 0 Å². The van der Waals surface area contributed by atoms with Gasteiger partial charge in [-0.15, -0.1) is 0 Å². The molecule has 0 aliphatic carbocycles. The topological polar surface area (TPSA) is 29.9 Å². The summed E-state index contributed by atoms with van der Waals surface area (Å²) < 4.78 is 1.83. The van der Waals surface area contributed by atoms with Crippen molar-refractivity contribution in [2.75, 3.05) is 7.05 Å². The average molecular weight is 236 g/mol. The zero-order chi connectivity index (χ0) is 11.5. The molecule has 0 atom stereocenters. The van der Waals surface area contributed by atoms with Gasteiger partial charge in [-0.05, 0) is 37.7 Å². The number of aryl methyl sites for hydroxylation is 1. The molecule has 2 rings (SSSR count). The Balaban J connectivity index is 2.31. The Morgan fingerprint density at radius 3 is 2.88 bits per heavy atom. The predicted molar refractivity (Wildman–Crippen MR) is 66.1 cm³/mol. The number of rotatable bonds is 3. The van der Waals surface area contributed by atoms with Crippen molar-refractivity contribution >= 4 is 11.6 Å². The highest BCUT2D eigenvalue weighted by Crippen LogP contribution is 2.19. The van der Waals surface area contributed by atoms with Crippen LogP contribution in [0.15, 0.2) is 30.5 Å². The normalized spacial score (nSPS) is 10.7. The van der Waals surface area contributed by atoms with E-state index in [9.17, 15) is 0 Å². The van der Waals surface area contributed by atoms with Gasteiger partial charge >= 0.3 is 0 Å². The summed E-state index contributed by atoms with van der Waals surface area (Å²) in [4.78, 5) is 0. The fourth-order valence-electron chi connectivity index (χ4n) is 1.51. The molecule has 0 fully saturated rings. The lowest BCUT2D eigenvalue weighted by Crippen LogP contribution is -2.06. The van der Waals surface area contributed by atoms with Crippen LogP contribution >= 0.6 is 11.6 Å². The Morgan fingerprint density at radius 2 is 2.19 bits per heavy atom. The molecular weight excluding hydrogens is 222 g/mol. The second-order valence-electron chi connectivity index (χ2n) is 3.72. The van der Waals surface area contributed by atoms with Gasteiger partial charge in [0.25, 0.3) is 0 Å². The van der Waals surface area contributed by atoms with Crippen LogP contribution < -0.4 is 5.32 Å². The summed E-state index contributed by atoms with van der Waals surface area (Å²) in [6.45, 7) is 2.76. The molecule has 0 unspecified atom stereocenters. The Kier molecular flexibility index (Phi) is 3.27. The van der Waals surface area contributed by atoms with Gasteiger partial charge in [-0.2, -0.15) is 5.10 Å². The molecule has 0 spiro atoms. The summed E-state index contributed by atoms with van der Waals surface area (Å²) in [7, 11) is 1.90. The number of nitrogens with zero attached hydrogens (tertiary/aromatic N) is 2. The molecule has 1 aromatic carbocycles. The molecule has 1 N–H and O–H groups in total. The largest absolute Gasteiger partial charge is 0.314 e. The first-order valence-corrected chi connectivity index (χ1v) is 5.54. The Morgan fingerprint density at radius 1 is 1.38 bits per heavy atom. The summed E-state index contributed by atoms with van der Waals surface area (Å²) in [6.07, 6.45) is 1.94. The molecule has 3 nitrogen and oxygen atoms in total. The van der Waals surface area contributed by atoms with Crippen LogP contribution in [0, 0.1) is 6.92 Å². The zero-order valence-electron chi connectivity index (χ0n) is 9.37. The number of halogens is 1. The van der Waals surface area contributed by atoms with E-state index >= 15 is 0 Å². The van der Waals surface area contributed by atoms with Crippen LogP contribution in [0.4, 0.5) is 0 Å². The third-order valence-electron chi connectivity index (χ3n) is 2.42. The average Bonchev–Trinajstić information content (AvgIpc) is 2.71. The van der Waals surface area contributed by atoms with Gasteiger partial charge < -0.3 is 5.32 Å². The van der Waals surface area contributed by atoms with Crippen LogP contribution in [0.3, 0.4) is 0 Å². The highest BCUT2D eigenvalue weighted by atomic mass is 35.5. The van der Waals surface area contributed by atoms with Crippen LogP contribution in [-0.4, -0.2) is 16.8 Å².